The number of nitrogens with zero attached hydrogens (tertiary/aromatic N) is 3. The van der Waals surface area contributed by atoms with Crippen molar-refractivity contribution in [3.05, 3.63) is 12.3 Å². The molecule has 5 nitrogen and oxygen atoms in total. The number of hydrogen-bond acceptors (Lipinski definition) is 5. The summed E-state index contributed by atoms with van der Waals surface area (Å²) in [6.07, 6.45) is 1.48. The molecule has 0 saturated heterocycles. The predicted molar refractivity (Wildman–Crippen MR) is 29.5 cm³/mol. The minimum atomic E-state index is 0.110. The first kappa shape index (κ1) is 5.90. The first-order chi connectivity index (χ1) is 4.43. The van der Waals surface area contributed by atoms with Crippen molar-refractivity contribution in [2.75, 3.05) is 6.73 Å². The fourth-order valence-corrected chi connectivity index (χ4v) is 0.393. The lowest BCUT2D eigenvalue weighted by Gasteiger charge is -1.95. The highest BCUT2D eigenvalue weighted by Gasteiger charge is 1.88. The third-order valence-corrected chi connectivity index (χ3v) is 0.710. The minimum absolute atomic E-state index is 0.110. The fourth-order valence-electron chi connectivity index (χ4n) is 0.393. The van der Waals surface area contributed by atoms with Gasteiger partial charge < -0.3 is 4.74 Å². The summed E-state index contributed by atoms with van der Waals surface area (Å²) in [4.78, 5) is 0. The standard InChI is InChI=1S/C4H6N4O/c5-3-9-4-1-2-6-8-7-4/h1-2H,3,5H2. The second-order valence-corrected chi connectivity index (χ2v) is 1.27. The van der Waals surface area contributed by atoms with Gasteiger partial charge in [-0.05, 0) is 5.21 Å². The SMILES string of the molecule is NCOc1ccnnn1. The Labute approximate surface area is 51.8 Å². The van der Waals surface area contributed by atoms with Gasteiger partial charge >= 0.3 is 0 Å². The summed E-state index contributed by atoms with van der Waals surface area (Å²) in [5, 5.41) is 10.3. The molecule has 48 valence electrons. The number of hydrogen-bond donors (Lipinski definition) is 1. The Morgan fingerprint density at radius 1 is 1.67 bits per heavy atom. The second-order valence-electron chi connectivity index (χ2n) is 1.27. The number of ether oxygens (including phenoxy) is 1. The molecule has 0 amide bonds. The van der Waals surface area contributed by atoms with Crippen LogP contribution < -0.4 is 10.5 Å². The highest BCUT2D eigenvalue weighted by Crippen LogP contribution is 1.97. The molecule has 0 saturated carbocycles. The molecule has 0 aliphatic rings. The number of rotatable bonds is 2. The third kappa shape index (κ3) is 1.61. The van der Waals surface area contributed by atoms with Crippen molar-refractivity contribution in [1.82, 2.24) is 15.4 Å². The molecule has 0 aliphatic heterocycles. The molecule has 9 heavy (non-hydrogen) atoms. The van der Waals surface area contributed by atoms with Crippen LogP contribution in [0.5, 0.6) is 5.88 Å². The van der Waals surface area contributed by atoms with Crippen molar-refractivity contribution in [2.45, 2.75) is 0 Å². The third-order valence-electron chi connectivity index (χ3n) is 0.710. The molecule has 2 N–H and O–H groups in total. The molecule has 0 aliphatic carbocycles. The Morgan fingerprint density at radius 3 is 3.11 bits per heavy atom. The molecule has 1 aromatic heterocycles. The van der Waals surface area contributed by atoms with E-state index in [-0.39, 0.29) is 6.73 Å². The van der Waals surface area contributed by atoms with Crippen LogP contribution in [0.25, 0.3) is 0 Å². The van der Waals surface area contributed by atoms with Crippen LogP contribution in [0.15, 0.2) is 12.3 Å². The molecule has 0 fully saturated rings. The van der Waals surface area contributed by atoms with Gasteiger partial charge in [0.05, 0.1) is 6.20 Å². The molecule has 0 spiro atoms. The van der Waals surface area contributed by atoms with Gasteiger partial charge in [-0.2, -0.15) is 0 Å². The molecule has 0 radical (unpaired) electrons. The summed E-state index contributed by atoms with van der Waals surface area (Å²) in [7, 11) is 0. The lowest BCUT2D eigenvalue weighted by atomic mass is 10.7. The van der Waals surface area contributed by atoms with Crippen molar-refractivity contribution >= 4 is 0 Å². The molecule has 1 heterocycles. The Balaban J connectivity index is 2.61. The highest BCUT2D eigenvalue weighted by atomic mass is 16.5. The van der Waals surface area contributed by atoms with E-state index >= 15 is 0 Å². The van der Waals surface area contributed by atoms with Crippen LogP contribution in [0.4, 0.5) is 0 Å². The maximum atomic E-state index is 5.05. The average molecular weight is 126 g/mol. The van der Waals surface area contributed by atoms with Crippen molar-refractivity contribution in [1.29, 1.82) is 0 Å². The van der Waals surface area contributed by atoms with Gasteiger partial charge in [0, 0.05) is 6.07 Å². The normalized spacial score (nSPS) is 9.00. The van der Waals surface area contributed by atoms with Crippen LogP contribution in [0, 0.1) is 0 Å². The Bertz CT molecular complexity index is 165. The molecule has 5 heteroatoms. The first-order valence-electron chi connectivity index (χ1n) is 2.40. The first-order valence-corrected chi connectivity index (χ1v) is 2.40. The van der Waals surface area contributed by atoms with E-state index in [1.807, 2.05) is 0 Å². The van der Waals surface area contributed by atoms with E-state index in [9.17, 15) is 0 Å². The monoisotopic (exact) mass is 126 g/mol. The lowest BCUT2D eigenvalue weighted by Crippen LogP contribution is -2.08. The van der Waals surface area contributed by atoms with Crippen molar-refractivity contribution in [3.63, 3.8) is 0 Å². The topological polar surface area (TPSA) is 73.9 Å². The average Bonchev–Trinajstić information content (AvgIpc) is 1.91. The van der Waals surface area contributed by atoms with Gasteiger partial charge in [-0.3, -0.25) is 5.73 Å². The summed E-state index contributed by atoms with van der Waals surface area (Å²) in [6.45, 7) is 0.110. The van der Waals surface area contributed by atoms with E-state index in [1.54, 1.807) is 6.07 Å². The van der Waals surface area contributed by atoms with Crippen LogP contribution in [0.1, 0.15) is 0 Å². The Kier molecular flexibility index (Phi) is 1.92. The largest absolute Gasteiger partial charge is 0.461 e. The summed E-state index contributed by atoms with van der Waals surface area (Å²) < 4.78 is 4.77. The summed E-state index contributed by atoms with van der Waals surface area (Å²) >= 11 is 0. The second kappa shape index (κ2) is 2.93. The number of aromatic nitrogens is 3. The Morgan fingerprint density at radius 2 is 2.56 bits per heavy atom. The molecular formula is C4H6N4O. The van der Waals surface area contributed by atoms with Crippen LogP contribution in [-0.4, -0.2) is 22.1 Å². The molecule has 1 rings (SSSR count). The van der Waals surface area contributed by atoms with Gasteiger partial charge in [0.15, 0.2) is 0 Å². The van der Waals surface area contributed by atoms with Crippen LogP contribution in [-0.2, 0) is 0 Å². The van der Waals surface area contributed by atoms with Crippen LogP contribution >= 0.6 is 0 Å². The quantitative estimate of drug-likeness (QED) is 0.523. The van der Waals surface area contributed by atoms with E-state index in [2.05, 4.69) is 15.4 Å². The van der Waals surface area contributed by atoms with Gasteiger partial charge in [-0.15, -0.1) is 5.10 Å². The highest BCUT2D eigenvalue weighted by molar-refractivity contribution is 5.01. The molecular weight excluding hydrogens is 120 g/mol. The fraction of sp³-hybridized carbons (Fsp3) is 0.250. The zero-order valence-electron chi connectivity index (χ0n) is 4.69. The van der Waals surface area contributed by atoms with Gasteiger partial charge in [-0.1, -0.05) is 5.10 Å². The Hall–Kier alpha value is -1.23. The number of nitrogens with two attached hydrogens (primary N) is 1. The van der Waals surface area contributed by atoms with E-state index in [0.29, 0.717) is 5.88 Å². The van der Waals surface area contributed by atoms with E-state index in [4.69, 9.17) is 10.5 Å². The molecule has 0 bridgehead atoms. The van der Waals surface area contributed by atoms with E-state index < -0.39 is 0 Å². The predicted octanol–water partition coefficient (Wildman–Crippen LogP) is -0.833. The van der Waals surface area contributed by atoms with Gasteiger partial charge in [0.1, 0.15) is 6.73 Å². The molecule has 0 aromatic carbocycles. The minimum Gasteiger partial charge on any atom is -0.461 e. The summed E-state index contributed by atoms with van der Waals surface area (Å²) in [5.74, 6) is 0.396. The summed E-state index contributed by atoms with van der Waals surface area (Å²) in [5.41, 5.74) is 5.05. The van der Waals surface area contributed by atoms with Crippen molar-refractivity contribution < 1.29 is 4.74 Å². The maximum absolute atomic E-state index is 5.05. The zero-order chi connectivity index (χ0) is 6.53. The molecule has 0 atom stereocenters. The smallest absolute Gasteiger partial charge is 0.238 e. The van der Waals surface area contributed by atoms with Gasteiger partial charge in [0.25, 0.3) is 0 Å². The summed E-state index contributed by atoms with van der Waals surface area (Å²) in [6, 6.07) is 1.58. The molecule has 1 aromatic rings. The van der Waals surface area contributed by atoms with Crippen LogP contribution in [0.2, 0.25) is 0 Å². The van der Waals surface area contributed by atoms with Crippen molar-refractivity contribution in [2.24, 2.45) is 5.73 Å². The van der Waals surface area contributed by atoms with Gasteiger partial charge in [-0.25, -0.2) is 0 Å². The van der Waals surface area contributed by atoms with Crippen molar-refractivity contribution in [3.8, 4) is 5.88 Å². The maximum Gasteiger partial charge on any atom is 0.238 e. The van der Waals surface area contributed by atoms with Gasteiger partial charge in [0.2, 0.25) is 5.88 Å². The molecule has 0 unspecified atom stereocenters. The lowest BCUT2D eigenvalue weighted by molar-refractivity contribution is 0.311. The van der Waals surface area contributed by atoms with E-state index in [1.165, 1.54) is 6.20 Å². The van der Waals surface area contributed by atoms with Crippen LogP contribution in [0.3, 0.4) is 0 Å². The van der Waals surface area contributed by atoms with E-state index in [0.717, 1.165) is 0 Å². The zero-order valence-corrected chi connectivity index (χ0v) is 4.69.